The van der Waals surface area contributed by atoms with Crippen LogP contribution >= 0.6 is 11.3 Å². The average Bonchev–Trinajstić information content (AvgIpc) is 3.43. The molecule has 3 heterocycles. The standard InChI is InChI=1S/C21H23N5O2S/c27-18(19-10-15(13-29-19)14-4-2-1-3-5-14)12-23-17-11-24-26-20(17)21(28)25-16-6-8-22-9-7-16/h1-5,10-11,13,16,22-23H,6-9,12H2,(H,24,26)(H,25,28). The van der Waals surface area contributed by atoms with Crippen LogP contribution in [0.3, 0.4) is 0 Å². The van der Waals surface area contributed by atoms with Gasteiger partial charge in [-0.2, -0.15) is 5.10 Å². The summed E-state index contributed by atoms with van der Waals surface area (Å²) in [5.41, 5.74) is 3.00. The number of benzene rings is 1. The number of Topliss-reactive ketones (excluding diaryl/α,β-unsaturated/α-hetero) is 1. The first-order chi connectivity index (χ1) is 14.2. The maximum absolute atomic E-state index is 12.6. The van der Waals surface area contributed by atoms with Crippen molar-refractivity contribution in [2.24, 2.45) is 0 Å². The van der Waals surface area contributed by atoms with Crippen molar-refractivity contribution in [3.8, 4) is 11.1 Å². The van der Waals surface area contributed by atoms with E-state index in [1.807, 2.05) is 41.8 Å². The first-order valence-electron chi connectivity index (χ1n) is 9.66. The van der Waals surface area contributed by atoms with E-state index < -0.39 is 0 Å². The van der Waals surface area contributed by atoms with Crippen LogP contribution in [-0.4, -0.2) is 47.6 Å². The Hall–Kier alpha value is -2.97. The van der Waals surface area contributed by atoms with E-state index in [1.54, 1.807) is 0 Å². The topological polar surface area (TPSA) is 98.9 Å². The Morgan fingerprint density at radius 3 is 2.72 bits per heavy atom. The molecule has 29 heavy (non-hydrogen) atoms. The molecule has 1 fully saturated rings. The van der Waals surface area contributed by atoms with Crippen LogP contribution in [0.2, 0.25) is 0 Å². The lowest BCUT2D eigenvalue weighted by Gasteiger charge is -2.23. The maximum Gasteiger partial charge on any atom is 0.271 e. The number of carbonyl (C=O) groups is 2. The van der Waals surface area contributed by atoms with Gasteiger partial charge in [-0.15, -0.1) is 11.3 Å². The second-order valence-electron chi connectivity index (χ2n) is 7.00. The van der Waals surface area contributed by atoms with Gasteiger partial charge >= 0.3 is 0 Å². The molecule has 1 aliphatic rings. The number of ketones is 1. The summed E-state index contributed by atoms with van der Waals surface area (Å²) in [6.07, 6.45) is 3.35. The Morgan fingerprint density at radius 2 is 1.93 bits per heavy atom. The smallest absolute Gasteiger partial charge is 0.271 e. The number of nitrogens with one attached hydrogen (secondary N) is 4. The van der Waals surface area contributed by atoms with Crippen LogP contribution in [0.4, 0.5) is 5.69 Å². The molecular weight excluding hydrogens is 386 g/mol. The predicted molar refractivity (Wildman–Crippen MR) is 115 cm³/mol. The van der Waals surface area contributed by atoms with Crippen LogP contribution in [0, 0.1) is 0 Å². The van der Waals surface area contributed by atoms with E-state index in [-0.39, 0.29) is 24.3 Å². The molecule has 4 N–H and O–H groups in total. The van der Waals surface area contributed by atoms with Gasteiger partial charge in [0.2, 0.25) is 0 Å². The molecule has 1 aromatic carbocycles. The fourth-order valence-corrected chi connectivity index (χ4v) is 4.20. The largest absolute Gasteiger partial charge is 0.374 e. The molecule has 0 unspecified atom stereocenters. The van der Waals surface area contributed by atoms with Crippen molar-refractivity contribution in [1.82, 2.24) is 20.8 Å². The minimum absolute atomic E-state index is 0.0249. The van der Waals surface area contributed by atoms with Crippen molar-refractivity contribution in [1.29, 1.82) is 0 Å². The first-order valence-corrected chi connectivity index (χ1v) is 10.5. The van der Waals surface area contributed by atoms with Crippen LogP contribution < -0.4 is 16.0 Å². The lowest BCUT2D eigenvalue weighted by molar-refractivity contribution is 0.0923. The van der Waals surface area contributed by atoms with Gasteiger partial charge in [-0.3, -0.25) is 14.7 Å². The third-order valence-electron chi connectivity index (χ3n) is 4.96. The van der Waals surface area contributed by atoms with Gasteiger partial charge in [-0.05, 0) is 48.5 Å². The van der Waals surface area contributed by atoms with Crippen molar-refractivity contribution in [3.05, 3.63) is 58.5 Å². The fourth-order valence-electron chi connectivity index (χ4n) is 3.34. The predicted octanol–water partition coefficient (Wildman–Crippen LogP) is 2.91. The molecule has 4 rings (SSSR count). The lowest BCUT2D eigenvalue weighted by Crippen LogP contribution is -2.43. The summed E-state index contributed by atoms with van der Waals surface area (Å²) < 4.78 is 0. The van der Waals surface area contributed by atoms with Gasteiger partial charge < -0.3 is 16.0 Å². The molecule has 0 radical (unpaired) electrons. The number of anilines is 1. The number of hydrogen-bond donors (Lipinski definition) is 4. The maximum atomic E-state index is 12.6. The Kier molecular flexibility index (Phi) is 6.02. The van der Waals surface area contributed by atoms with E-state index in [9.17, 15) is 9.59 Å². The second kappa shape index (κ2) is 9.02. The third-order valence-corrected chi connectivity index (χ3v) is 5.93. The minimum Gasteiger partial charge on any atom is -0.374 e. The molecule has 1 amide bonds. The Bertz CT molecular complexity index is 976. The average molecular weight is 410 g/mol. The molecule has 1 saturated heterocycles. The molecule has 1 aliphatic heterocycles. The SMILES string of the molecule is O=C(CNc1cn[nH]c1C(=O)NC1CCNCC1)c1cc(-c2ccccc2)cs1. The number of thiophene rings is 1. The van der Waals surface area contributed by atoms with Gasteiger partial charge in [0.1, 0.15) is 5.69 Å². The number of amides is 1. The van der Waals surface area contributed by atoms with Gasteiger partial charge in [0.15, 0.2) is 5.78 Å². The number of aromatic nitrogens is 2. The van der Waals surface area contributed by atoms with Crippen LogP contribution in [-0.2, 0) is 0 Å². The summed E-state index contributed by atoms with van der Waals surface area (Å²) in [5.74, 6) is -0.227. The highest BCUT2D eigenvalue weighted by molar-refractivity contribution is 7.12. The van der Waals surface area contributed by atoms with E-state index in [2.05, 4.69) is 26.1 Å². The zero-order chi connectivity index (χ0) is 20.1. The molecule has 8 heteroatoms. The minimum atomic E-state index is -0.202. The van der Waals surface area contributed by atoms with Gasteiger partial charge in [0.25, 0.3) is 5.91 Å². The Morgan fingerprint density at radius 1 is 1.14 bits per heavy atom. The van der Waals surface area contributed by atoms with Crippen LogP contribution in [0.15, 0.2) is 48.0 Å². The van der Waals surface area contributed by atoms with Crippen molar-refractivity contribution >= 4 is 28.7 Å². The summed E-state index contributed by atoms with van der Waals surface area (Å²) in [7, 11) is 0. The van der Waals surface area contributed by atoms with Crippen molar-refractivity contribution in [2.45, 2.75) is 18.9 Å². The number of hydrogen-bond acceptors (Lipinski definition) is 6. The van der Waals surface area contributed by atoms with Gasteiger partial charge in [-0.1, -0.05) is 30.3 Å². The van der Waals surface area contributed by atoms with Crippen molar-refractivity contribution in [3.63, 3.8) is 0 Å². The molecule has 150 valence electrons. The number of aromatic amines is 1. The van der Waals surface area contributed by atoms with Gasteiger partial charge in [-0.25, -0.2) is 0 Å². The normalized spacial score (nSPS) is 14.5. The molecule has 0 aliphatic carbocycles. The molecule has 3 aromatic rings. The molecule has 7 nitrogen and oxygen atoms in total. The summed E-state index contributed by atoms with van der Waals surface area (Å²) >= 11 is 1.43. The van der Waals surface area contributed by atoms with E-state index >= 15 is 0 Å². The highest BCUT2D eigenvalue weighted by Gasteiger charge is 2.20. The first kappa shape index (κ1) is 19.4. The molecule has 0 atom stereocenters. The quantitative estimate of drug-likeness (QED) is 0.450. The highest BCUT2D eigenvalue weighted by Crippen LogP contribution is 2.26. The van der Waals surface area contributed by atoms with Crippen molar-refractivity contribution in [2.75, 3.05) is 25.0 Å². The second-order valence-corrected chi connectivity index (χ2v) is 7.91. The van der Waals surface area contributed by atoms with Crippen LogP contribution in [0.5, 0.6) is 0 Å². The zero-order valence-electron chi connectivity index (χ0n) is 15.9. The van der Waals surface area contributed by atoms with Gasteiger partial charge in [0, 0.05) is 6.04 Å². The van der Waals surface area contributed by atoms with Crippen LogP contribution in [0.25, 0.3) is 11.1 Å². The summed E-state index contributed by atoms with van der Waals surface area (Å²) in [5, 5.41) is 18.0. The molecular formula is C21H23N5O2S. The molecule has 0 bridgehead atoms. The fraction of sp³-hybridized carbons (Fsp3) is 0.286. The number of rotatable bonds is 7. The monoisotopic (exact) mass is 409 g/mol. The Labute approximate surface area is 172 Å². The van der Waals surface area contributed by atoms with Crippen LogP contribution in [0.1, 0.15) is 33.0 Å². The van der Waals surface area contributed by atoms with E-state index in [4.69, 9.17) is 0 Å². The molecule has 2 aromatic heterocycles. The van der Waals surface area contributed by atoms with E-state index in [0.717, 1.165) is 37.1 Å². The Balaban J connectivity index is 1.36. The summed E-state index contributed by atoms with van der Waals surface area (Å²) in [6, 6.07) is 12.0. The lowest BCUT2D eigenvalue weighted by atomic mass is 10.1. The highest BCUT2D eigenvalue weighted by atomic mass is 32.1. The van der Waals surface area contributed by atoms with E-state index in [1.165, 1.54) is 17.5 Å². The zero-order valence-corrected chi connectivity index (χ0v) is 16.7. The molecule has 0 saturated carbocycles. The van der Waals surface area contributed by atoms with E-state index in [0.29, 0.717) is 16.3 Å². The third kappa shape index (κ3) is 4.72. The van der Waals surface area contributed by atoms with Crippen molar-refractivity contribution < 1.29 is 9.59 Å². The molecule has 0 spiro atoms. The number of carbonyl (C=O) groups excluding carboxylic acids is 2. The number of nitrogens with zero attached hydrogens (tertiary/aromatic N) is 1. The van der Waals surface area contributed by atoms with Gasteiger partial charge in [0.05, 0.1) is 23.3 Å². The summed E-state index contributed by atoms with van der Waals surface area (Å²) in [6.45, 7) is 1.90. The summed E-state index contributed by atoms with van der Waals surface area (Å²) in [4.78, 5) is 25.8. The number of H-pyrrole nitrogens is 1. The number of piperidine rings is 1.